The molecule has 0 aliphatic carbocycles. The predicted molar refractivity (Wildman–Crippen MR) is 61.8 cm³/mol. The number of hydrogen-bond acceptors (Lipinski definition) is 4. The van der Waals surface area contributed by atoms with Gasteiger partial charge in [0.1, 0.15) is 5.82 Å². The molecule has 0 aliphatic rings. The normalized spacial score (nSPS) is 12.5. The van der Waals surface area contributed by atoms with Gasteiger partial charge in [0, 0.05) is 31.4 Å². The monoisotopic (exact) mass is 209 g/mol. The molecule has 15 heavy (non-hydrogen) atoms. The Labute approximate surface area is 90.7 Å². The van der Waals surface area contributed by atoms with Gasteiger partial charge in [0.05, 0.1) is 6.10 Å². The van der Waals surface area contributed by atoms with E-state index in [1.165, 1.54) is 0 Å². The predicted octanol–water partition coefficient (Wildman–Crippen LogP) is 0.920. The number of aliphatic hydroxyl groups is 1. The van der Waals surface area contributed by atoms with Crippen LogP contribution >= 0.6 is 0 Å². The number of aromatic nitrogens is 1. The van der Waals surface area contributed by atoms with Crippen molar-refractivity contribution in [1.29, 1.82) is 0 Å². The van der Waals surface area contributed by atoms with Crippen LogP contribution < -0.4 is 10.6 Å². The molecule has 1 heterocycles. The summed E-state index contributed by atoms with van der Waals surface area (Å²) in [6.07, 6.45) is 1.11. The van der Waals surface area contributed by atoms with E-state index in [1.807, 2.05) is 12.1 Å². The Balaban J connectivity index is 3.04. The fraction of sp³-hybridized carbons (Fsp3) is 0.545. The maximum Gasteiger partial charge on any atom is 0.134 e. The van der Waals surface area contributed by atoms with Gasteiger partial charge in [-0.1, -0.05) is 6.07 Å². The Kier molecular flexibility index (Phi) is 4.52. The first-order valence-corrected chi connectivity index (χ1v) is 5.32. The van der Waals surface area contributed by atoms with Gasteiger partial charge in [-0.3, -0.25) is 0 Å². The molecule has 0 bridgehead atoms. The van der Waals surface area contributed by atoms with Crippen molar-refractivity contribution < 1.29 is 5.11 Å². The van der Waals surface area contributed by atoms with Crippen LogP contribution in [0.4, 0.5) is 5.82 Å². The average Bonchev–Trinajstić information content (AvgIpc) is 2.30. The molecule has 4 nitrogen and oxygen atoms in total. The van der Waals surface area contributed by atoms with E-state index in [2.05, 4.69) is 23.7 Å². The van der Waals surface area contributed by atoms with Crippen molar-refractivity contribution in [1.82, 2.24) is 4.98 Å². The third-order valence-electron chi connectivity index (χ3n) is 2.46. The molecule has 4 heteroatoms. The lowest BCUT2D eigenvalue weighted by Crippen LogP contribution is -2.26. The summed E-state index contributed by atoms with van der Waals surface area (Å²) >= 11 is 0. The average molecular weight is 209 g/mol. The molecule has 1 aromatic rings. The quantitative estimate of drug-likeness (QED) is 0.757. The first-order chi connectivity index (χ1) is 7.24. The minimum atomic E-state index is -0.630. The molecule has 3 N–H and O–H groups in total. The second-order valence-corrected chi connectivity index (χ2v) is 3.34. The lowest BCUT2D eigenvalue weighted by molar-refractivity contribution is 0.186. The highest BCUT2D eigenvalue weighted by atomic mass is 16.3. The minimum absolute atomic E-state index is 0.222. The van der Waals surface area contributed by atoms with Crippen molar-refractivity contribution in [2.75, 3.05) is 24.5 Å². The number of nitrogens with zero attached hydrogens (tertiary/aromatic N) is 2. The van der Waals surface area contributed by atoms with E-state index in [0.717, 1.165) is 24.5 Å². The molecule has 0 saturated carbocycles. The van der Waals surface area contributed by atoms with E-state index in [4.69, 9.17) is 5.73 Å². The second-order valence-electron chi connectivity index (χ2n) is 3.34. The number of pyridine rings is 1. The molecule has 0 amide bonds. The smallest absolute Gasteiger partial charge is 0.134 e. The number of nitrogens with two attached hydrogens (primary N) is 1. The maximum absolute atomic E-state index is 9.76. The van der Waals surface area contributed by atoms with Gasteiger partial charge in [-0.15, -0.1) is 0 Å². The van der Waals surface area contributed by atoms with Crippen LogP contribution in [-0.2, 0) is 0 Å². The maximum atomic E-state index is 9.76. The Morgan fingerprint density at radius 1 is 1.47 bits per heavy atom. The highest BCUT2D eigenvalue weighted by Crippen LogP contribution is 2.22. The van der Waals surface area contributed by atoms with Gasteiger partial charge in [0.25, 0.3) is 0 Å². The van der Waals surface area contributed by atoms with Gasteiger partial charge in [-0.25, -0.2) is 4.98 Å². The second kappa shape index (κ2) is 5.68. The standard InChI is InChI=1S/C11H19N3O/c1-3-14(4-2)11-9(10(15)8-12)6-5-7-13-11/h5-7,10,15H,3-4,8,12H2,1-2H3. The molecule has 1 rings (SSSR count). The lowest BCUT2D eigenvalue weighted by Gasteiger charge is -2.24. The number of anilines is 1. The molecule has 0 aromatic carbocycles. The Morgan fingerprint density at radius 3 is 2.67 bits per heavy atom. The zero-order valence-electron chi connectivity index (χ0n) is 9.35. The SMILES string of the molecule is CCN(CC)c1ncccc1C(O)CN. The highest BCUT2D eigenvalue weighted by Gasteiger charge is 2.14. The summed E-state index contributed by atoms with van der Waals surface area (Å²) in [6, 6.07) is 3.69. The molecule has 84 valence electrons. The zero-order chi connectivity index (χ0) is 11.3. The summed E-state index contributed by atoms with van der Waals surface area (Å²) in [5.41, 5.74) is 6.27. The van der Waals surface area contributed by atoms with Gasteiger partial charge in [0.2, 0.25) is 0 Å². The third kappa shape index (κ3) is 2.67. The zero-order valence-corrected chi connectivity index (χ0v) is 9.35. The van der Waals surface area contributed by atoms with Gasteiger partial charge in [-0.2, -0.15) is 0 Å². The number of hydrogen-bond donors (Lipinski definition) is 2. The van der Waals surface area contributed by atoms with Crippen molar-refractivity contribution >= 4 is 5.82 Å². The van der Waals surface area contributed by atoms with Crippen LogP contribution in [0.5, 0.6) is 0 Å². The molecule has 0 aliphatic heterocycles. The van der Waals surface area contributed by atoms with Crippen molar-refractivity contribution in [2.24, 2.45) is 5.73 Å². The molecule has 0 radical (unpaired) electrons. The van der Waals surface area contributed by atoms with Crippen molar-refractivity contribution in [3.8, 4) is 0 Å². The van der Waals surface area contributed by atoms with E-state index in [-0.39, 0.29) is 6.54 Å². The number of rotatable bonds is 5. The lowest BCUT2D eigenvalue weighted by atomic mass is 10.1. The summed E-state index contributed by atoms with van der Waals surface area (Å²) in [5, 5.41) is 9.76. The molecule has 1 unspecified atom stereocenters. The summed E-state index contributed by atoms with van der Waals surface area (Å²) in [7, 11) is 0. The van der Waals surface area contributed by atoms with Crippen LogP contribution in [0.15, 0.2) is 18.3 Å². The largest absolute Gasteiger partial charge is 0.387 e. The minimum Gasteiger partial charge on any atom is -0.387 e. The van der Waals surface area contributed by atoms with Crippen LogP contribution in [0, 0.1) is 0 Å². The van der Waals surface area contributed by atoms with Gasteiger partial charge in [0.15, 0.2) is 0 Å². The van der Waals surface area contributed by atoms with Crippen LogP contribution in [0.2, 0.25) is 0 Å². The molecule has 0 spiro atoms. The van der Waals surface area contributed by atoms with E-state index >= 15 is 0 Å². The molecular weight excluding hydrogens is 190 g/mol. The first kappa shape index (κ1) is 11.9. The first-order valence-electron chi connectivity index (χ1n) is 5.32. The van der Waals surface area contributed by atoms with Crippen molar-refractivity contribution in [2.45, 2.75) is 20.0 Å². The summed E-state index contributed by atoms with van der Waals surface area (Å²) in [6.45, 7) is 6.10. The molecule has 0 saturated heterocycles. The van der Waals surface area contributed by atoms with Crippen LogP contribution in [-0.4, -0.2) is 29.7 Å². The summed E-state index contributed by atoms with van der Waals surface area (Å²) < 4.78 is 0. The topological polar surface area (TPSA) is 62.4 Å². The highest BCUT2D eigenvalue weighted by molar-refractivity contribution is 5.47. The fourth-order valence-corrected chi connectivity index (χ4v) is 1.58. The van der Waals surface area contributed by atoms with Crippen LogP contribution in [0.1, 0.15) is 25.5 Å². The van der Waals surface area contributed by atoms with Crippen LogP contribution in [0.25, 0.3) is 0 Å². The molecular formula is C11H19N3O. The summed E-state index contributed by atoms with van der Waals surface area (Å²) in [5.74, 6) is 0.834. The van der Waals surface area contributed by atoms with E-state index < -0.39 is 6.10 Å². The van der Waals surface area contributed by atoms with E-state index in [0.29, 0.717) is 0 Å². The van der Waals surface area contributed by atoms with Gasteiger partial charge < -0.3 is 15.7 Å². The summed E-state index contributed by atoms with van der Waals surface area (Å²) in [4.78, 5) is 6.41. The molecule has 1 atom stereocenters. The van der Waals surface area contributed by atoms with Gasteiger partial charge in [-0.05, 0) is 19.9 Å². The van der Waals surface area contributed by atoms with Crippen molar-refractivity contribution in [3.63, 3.8) is 0 Å². The van der Waals surface area contributed by atoms with Crippen molar-refractivity contribution in [3.05, 3.63) is 23.9 Å². The fourth-order valence-electron chi connectivity index (χ4n) is 1.58. The molecule has 1 aromatic heterocycles. The third-order valence-corrected chi connectivity index (χ3v) is 2.46. The van der Waals surface area contributed by atoms with Gasteiger partial charge >= 0.3 is 0 Å². The van der Waals surface area contributed by atoms with Crippen LogP contribution in [0.3, 0.4) is 0 Å². The number of aliphatic hydroxyl groups excluding tert-OH is 1. The van der Waals surface area contributed by atoms with E-state index in [1.54, 1.807) is 6.20 Å². The Morgan fingerprint density at radius 2 is 2.13 bits per heavy atom. The molecule has 0 fully saturated rings. The Bertz CT molecular complexity index is 300. The Hall–Kier alpha value is -1.13. The van der Waals surface area contributed by atoms with E-state index in [9.17, 15) is 5.11 Å².